The number of nitro groups is 1. The molecule has 0 aliphatic carbocycles. The number of esters is 1. The van der Waals surface area contributed by atoms with E-state index in [2.05, 4.69) is 4.74 Å². The minimum atomic E-state index is -1.62. The highest BCUT2D eigenvalue weighted by molar-refractivity contribution is 8.76. The Balaban J connectivity index is 2.01. The third-order valence-corrected chi connectivity index (χ3v) is 6.01. The molecule has 1 aliphatic heterocycles. The normalized spacial score (nSPS) is 28.6. The van der Waals surface area contributed by atoms with Crippen LogP contribution in [0.5, 0.6) is 0 Å². The van der Waals surface area contributed by atoms with E-state index in [-0.39, 0.29) is 17.0 Å². The summed E-state index contributed by atoms with van der Waals surface area (Å²) >= 11 is 0. The van der Waals surface area contributed by atoms with Gasteiger partial charge in [-0.3, -0.25) is 10.1 Å². The van der Waals surface area contributed by atoms with E-state index >= 15 is 0 Å². The highest BCUT2D eigenvalue weighted by Gasteiger charge is 2.42. The Morgan fingerprint density at radius 2 is 1.96 bits per heavy atom. The maximum Gasteiger partial charge on any atom is 0.344 e. The summed E-state index contributed by atoms with van der Waals surface area (Å²) in [5.41, 5.74) is -0.566. The van der Waals surface area contributed by atoms with Crippen LogP contribution >= 0.6 is 21.6 Å². The number of ether oxygens (including phenoxy) is 2. The molecule has 26 heavy (non-hydrogen) atoms. The zero-order valence-corrected chi connectivity index (χ0v) is 15.1. The SMILES string of the molecule is COC(=O)c1cc(SSC[C@H]2OC(O)[C@H](O)[C@@H](O)[C@H]2O)ccc1[N+](=O)[O-]. The van der Waals surface area contributed by atoms with Gasteiger partial charge in [-0.05, 0) is 12.1 Å². The van der Waals surface area contributed by atoms with E-state index in [1.165, 1.54) is 29.0 Å². The molecular weight excluding hydrogens is 390 g/mol. The van der Waals surface area contributed by atoms with Crippen LogP contribution in [-0.4, -0.2) is 74.9 Å². The fraction of sp³-hybridized carbons (Fsp3) is 0.500. The fourth-order valence-corrected chi connectivity index (χ4v) is 4.47. The molecule has 1 aromatic rings. The van der Waals surface area contributed by atoms with Gasteiger partial charge < -0.3 is 29.9 Å². The molecule has 0 aromatic heterocycles. The van der Waals surface area contributed by atoms with Crippen molar-refractivity contribution in [2.75, 3.05) is 12.9 Å². The van der Waals surface area contributed by atoms with E-state index in [4.69, 9.17) is 4.74 Å². The summed E-state index contributed by atoms with van der Waals surface area (Å²) < 4.78 is 9.58. The second-order valence-corrected chi connectivity index (χ2v) is 7.75. The maximum absolute atomic E-state index is 11.7. The maximum atomic E-state index is 11.7. The molecular formula is C14H17NO9S2. The number of hydrogen-bond donors (Lipinski definition) is 4. The largest absolute Gasteiger partial charge is 0.465 e. The number of carbonyl (C=O) groups is 1. The number of benzene rings is 1. The minimum Gasteiger partial charge on any atom is -0.465 e. The lowest BCUT2D eigenvalue weighted by Gasteiger charge is -2.38. The molecule has 0 radical (unpaired) electrons. The topological polar surface area (TPSA) is 160 Å². The molecule has 1 unspecified atom stereocenters. The monoisotopic (exact) mass is 407 g/mol. The lowest BCUT2D eigenvalue weighted by atomic mass is 10.0. The Kier molecular flexibility index (Phi) is 7.23. The van der Waals surface area contributed by atoms with Crippen LogP contribution in [0.2, 0.25) is 0 Å². The molecule has 4 N–H and O–H groups in total. The van der Waals surface area contributed by atoms with E-state index in [9.17, 15) is 35.3 Å². The van der Waals surface area contributed by atoms with Crippen molar-refractivity contribution in [1.29, 1.82) is 0 Å². The van der Waals surface area contributed by atoms with Crippen LogP contribution in [0, 0.1) is 10.1 Å². The predicted octanol–water partition coefficient (Wildman–Crippen LogP) is -0.0784. The summed E-state index contributed by atoms with van der Waals surface area (Å²) in [7, 11) is 3.44. The van der Waals surface area contributed by atoms with Gasteiger partial charge in [-0.2, -0.15) is 0 Å². The van der Waals surface area contributed by atoms with E-state index in [0.29, 0.717) is 4.90 Å². The summed E-state index contributed by atoms with van der Waals surface area (Å²) in [4.78, 5) is 22.5. The van der Waals surface area contributed by atoms with Crippen LogP contribution in [0.1, 0.15) is 10.4 Å². The van der Waals surface area contributed by atoms with Crippen LogP contribution in [0.4, 0.5) is 5.69 Å². The first-order valence-corrected chi connectivity index (χ1v) is 9.62. The van der Waals surface area contributed by atoms with Crippen molar-refractivity contribution < 1.29 is 39.6 Å². The molecule has 12 heteroatoms. The molecule has 1 fully saturated rings. The van der Waals surface area contributed by atoms with Gasteiger partial charge in [0.25, 0.3) is 5.69 Å². The standard InChI is InChI=1S/C14H17NO9S2/c1-23-13(19)7-4-6(2-3-8(7)15(21)22)26-25-5-9-10(16)11(17)12(18)14(20)24-9/h2-4,9-12,14,16-18,20H,5H2,1H3/t9-,10+,11+,12-,14?/m1/s1. The van der Waals surface area contributed by atoms with E-state index in [1.54, 1.807) is 0 Å². The van der Waals surface area contributed by atoms with Crippen molar-refractivity contribution in [2.24, 2.45) is 0 Å². The lowest BCUT2D eigenvalue weighted by molar-refractivity contribution is -0.385. The molecule has 0 saturated carbocycles. The molecule has 144 valence electrons. The number of hydrogen-bond acceptors (Lipinski definition) is 11. The number of nitro benzene ring substituents is 1. The Morgan fingerprint density at radius 1 is 1.27 bits per heavy atom. The van der Waals surface area contributed by atoms with E-state index in [0.717, 1.165) is 17.9 Å². The average molecular weight is 407 g/mol. The summed E-state index contributed by atoms with van der Waals surface area (Å²) in [6, 6.07) is 3.95. The van der Waals surface area contributed by atoms with Gasteiger partial charge >= 0.3 is 5.97 Å². The highest BCUT2D eigenvalue weighted by atomic mass is 33.1. The smallest absolute Gasteiger partial charge is 0.344 e. The number of aliphatic hydroxyl groups is 4. The average Bonchev–Trinajstić information content (AvgIpc) is 2.63. The summed E-state index contributed by atoms with van der Waals surface area (Å²) in [5, 5.41) is 49.4. The van der Waals surface area contributed by atoms with E-state index < -0.39 is 41.6 Å². The van der Waals surface area contributed by atoms with Crippen molar-refractivity contribution in [3.8, 4) is 0 Å². The van der Waals surface area contributed by atoms with Crippen molar-refractivity contribution in [3.05, 3.63) is 33.9 Å². The first-order valence-electron chi connectivity index (χ1n) is 7.30. The third kappa shape index (κ3) is 4.65. The van der Waals surface area contributed by atoms with Crippen molar-refractivity contribution in [1.82, 2.24) is 0 Å². The van der Waals surface area contributed by atoms with Crippen LogP contribution in [-0.2, 0) is 9.47 Å². The van der Waals surface area contributed by atoms with Crippen molar-refractivity contribution >= 4 is 33.2 Å². The van der Waals surface area contributed by atoms with Crippen LogP contribution < -0.4 is 0 Å². The molecule has 0 bridgehead atoms. The molecule has 5 atom stereocenters. The fourth-order valence-electron chi connectivity index (χ4n) is 2.24. The molecule has 1 aromatic carbocycles. The second-order valence-electron chi connectivity index (χ2n) is 5.33. The minimum absolute atomic E-state index is 0.136. The highest BCUT2D eigenvalue weighted by Crippen LogP contribution is 2.36. The van der Waals surface area contributed by atoms with Gasteiger partial charge in [-0.1, -0.05) is 21.6 Å². The van der Waals surface area contributed by atoms with E-state index in [1.807, 2.05) is 0 Å². The molecule has 10 nitrogen and oxygen atoms in total. The van der Waals surface area contributed by atoms with Gasteiger partial charge in [0.1, 0.15) is 23.9 Å². The number of rotatable bonds is 6. The Bertz CT molecular complexity index is 674. The van der Waals surface area contributed by atoms with Crippen LogP contribution in [0.3, 0.4) is 0 Å². The molecule has 0 amide bonds. The zero-order valence-electron chi connectivity index (χ0n) is 13.4. The number of aliphatic hydroxyl groups excluding tert-OH is 4. The number of carbonyl (C=O) groups excluding carboxylic acids is 1. The first kappa shape index (κ1) is 20.9. The summed E-state index contributed by atoms with van der Waals surface area (Å²) in [5.74, 6) is -0.701. The second kappa shape index (κ2) is 8.99. The van der Waals surface area contributed by atoms with Gasteiger partial charge in [0, 0.05) is 16.7 Å². The molecule has 1 heterocycles. The lowest BCUT2D eigenvalue weighted by Crippen LogP contribution is -2.58. The summed E-state index contributed by atoms with van der Waals surface area (Å²) in [6.07, 6.45) is -7.08. The van der Waals surface area contributed by atoms with Gasteiger partial charge in [0.15, 0.2) is 6.29 Å². The van der Waals surface area contributed by atoms with Crippen LogP contribution in [0.15, 0.2) is 23.1 Å². The number of nitrogens with zero attached hydrogens (tertiary/aromatic N) is 1. The molecule has 1 saturated heterocycles. The first-order chi connectivity index (χ1) is 12.3. The number of methoxy groups -OCH3 is 1. The predicted molar refractivity (Wildman–Crippen MR) is 91.7 cm³/mol. The Morgan fingerprint density at radius 3 is 2.58 bits per heavy atom. The van der Waals surface area contributed by atoms with Gasteiger partial charge in [0.2, 0.25) is 0 Å². The third-order valence-electron chi connectivity index (χ3n) is 3.64. The summed E-state index contributed by atoms with van der Waals surface area (Å²) in [6.45, 7) is 0. The van der Waals surface area contributed by atoms with Crippen LogP contribution in [0.25, 0.3) is 0 Å². The quantitative estimate of drug-likeness (QED) is 0.216. The Labute approximate surface area is 155 Å². The van der Waals surface area contributed by atoms with Crippen molar-refractivity contribution in [2.45, 2.75) is 35.6 Å². The molecule has 0 spiro atoms. The molecule has 2 rings (SSSR count). The van der Waals surface area contributed by atoms with Gasteiger partial charge in [-0.15, -0.1) is 0 Å². The van der Waals surface area contributed by atoms with Crippen molar-refractivity contribution in [3.63, 3.8) is 0 Å². The Hall–Kier alpha value is -1.41. The van der Waals surface area contributed by atoms with Gasteiger partial charge in [0.05, 0.1) is 18.1 Å². The van der Waals surface area contributed by atoms with Gasteiger partial charge in [-0.25, -0.2) is 4.79 Å². The molecule has 1 aliphatic rings. The zero-order chi connectivity index (χ0) is 19.4.